The molecule has 110 valence electrons. The lowest BCUT2D eigenvalue weighted by molar-refractivity contribution is 0.988. The van der Waals surface area contributed by atoms with Crippen molar-refractivity contribution in [3.8, 4) is 0 Å². The Bertz CT molecular complexity index is 975. The van der Waals surface area contributed by atoms with E-state index in [2.05, 4.69) is 36.2 Å². The standard InChI is InChI=1S/C15H11BrClN5/c16-9-1-3-12-13(5-9)21-15(20-12)19-7-11-6-18-14-4-2-10(17)8-22(11)14/h1-6,8H,7H2,(H2,19,20,21). The average Bonchev–Trinajstić information content (AvgIpc) is 3.07. The summed E-state index contributed by atoms with van der Waals surface area (Å²) >= 11 is 9.49. The molecule has 3 heterocycles. The molecule has 0 saturated carbocycles. The Morgan fingerprint density at radius 2 is 2.18 bits per heavy atom. The summed E-state index contributed by atoms with van der Waals surface area (Å²) in [6.07, 6.45) is 3.69. The Hall–Kier alpha value is -2.05. The topological polar surface area (TPSA) is 58.0 Å². The van der Waals surface area contributed by atoms with Gasteiger partial charge in [-0.2, -0.15) is 0 Å². The molecule has 0 unspecified atom stereocenters. The van der Waals surface area contributed by atoms with Crippen molar-refractivity contribution in [2.24, 2.45) is 0 Å². The Balaban J connectivity index is 1.61. The molecule has 3 aromatic heterocycles. The summed E-state index contributed by atoms with van der Waals surface area (Å²) < 4.78 is 2.99. The summed E-state index contributed by atoms with van der Waals surface area (Å²) in [4.78, 5) is 12.1. The van der Waals surface area contributed by atoms with E-state index in [4.69, 9.17) is 11.6 Å². The van der Waals surface area contributed by atoms with Gasteiger partial charge in [-0.25, -0.2) is 9.97 Å². The van der Waals surface area contributed by atoms with E-state index in [-0.39, 0.29) is 0 Å². The molecule has 4 rings (SSSR count). The molecule has 0 spiro atoms. The Morgan fingerprint density at radius 3 is 3.09 bits per heavy atom. The van der Waals surface area contributed by atoms with Gasteiger partial charge >= 0.3 is 0 Å². The number of H-pyrrole nitrogens is 1. The molecule has 0 fully saturated rings. The normalized spacial score (nSPS) is 11.4. The minimum absolute atomic E-state index is 0.600. The molecule has 4 aromatic rings. The number of rotatable bonds is 3. The second kappa shape index (κ2) is 5.30. The van der Waals surface area contributed by atoms with Crippen molar-refractivity contribution in [3.63, 3.8) is 0 Å². The minimum Gasteiger partial charge on any atom is -0.350 e. The van der Waals surface area contributed by atoms with Crippen molar-refractivity contribution in [3.05, 3.63) is 57.9 Å². The van der Waals surface area contributed by atoms with Crippen molar-refractivity contribution >= 4 is 50.2 Å². The zero-order valence-corrected chi connectivity index (χ0v) is 13.7. The van der Waals surface area contributed by atoms with Gasteiger partial charge in [-0.1, -0.05) is 27.5 Å². The van der Waals surface area contributed by atoms with Crippen LogP contribution in [0.5, 0.6) is 0 Å². The molecule has 0 aliphatic rings. The molecule has 0 amide bonds. The van der Waals surface area contributed by atoms with Crippen LogP contribution >= 0.6 is 27.5 Å². The summed E-state index contributed by atoms with van der Waals surface area (Å²) in [7, 11) is 0. The van der Waals surface area contributed by atoms with Crippen LogP contribution in [0.15, 0.2) is 47.2 Å². The van der Waals surface area contributed by atoms with Crippen LogP contribution < -0.4 is 5.32 Å². The molecule has 5 nitrogen and oxygen atoms in total. The lowest BCUT2D eigenvalue weighted by Crippen LogP contribution is -2.03. The molecule has 0 aliphatic carbocycles. The van der Waals surface area contributed by atoms with Gasteiger partial charge < -0.3 is 14.7 Å². The van der Waals surface area contributed by atoms with Crippen molar-refractivity contribution < 1.29 is 0 Å². The van der Waals surface area contributed by atoms with Crippen LogP contribution in [0.4, 0.5) is 5.95 Å². The van der Waals surface area contributed by atoms with Gasteiger partial charge in [-0.15, -0.1) is 0 Å². The third-order valence-electron chi connectivity index (χ3n) is 3.43. The maximum absolute atomic E-state index is 6.04. The SMILES string of the molecule is Clc1ccc2ncc(CNc3nc4ccc(Br)cc4[nH]3)n2c1. The van der Waals surface area contributed by atoms with Crippen LogP contribution in [0.2, 0.25) is 5.02 Å². The third kappa shape index (κ3) is 2.44. The van der Waals surface area contributed by atoms with Crippen molar-refractivity contribution in [2.45, 2.75) is 6.54 Å². The van der Waals surface area contributed by atoms with Crippen LogP contribution in [0.25, 0.3) is 16.7 Å². The quantitative estimate of drug-likeness (QED) is 0.562. The van der Waals surface area contributed by atoms with E-state index in [9.17, 15) is 0 Å². The van der Waals surface area contributed by atoms with E-state index in [1.54, 1.807) is 0 Å². The van der Waals surface area contributed by atoms with Crippen LogP contribution in [0.1, 0.15) is 5.69 Å². The molecule has 0 atom stereocenters. The van der Waals surface area contributed by atoms with Crippen LogP contribution in [-0.4, -0.2) is 19.4 Å². The molecule has 2 N–H and O–H groups in total. The van der Waals surface area contributed by atoms with Gasteiger partial charge in [-0.3, -0.25) is 0 Å². The molecular formula is C15H11BrClN5. The van der Waals surface area contributed by atoms with E-state index in [1.807, 2.05) is 47.1 Å². The summed E-state index contributed by atoms with van der Waals surface area (Å²) in [6.45, 7) is 0.600. The van der Waals surface area contributed by atoms with Crippen LogP contribution in [0.3, 0.4) is 0 Å². The number of halogens is 2. The van der Waals surface area contributed by atoms with Crippen LogP contribution in [-0.2, 0) is 6.54 Å². The number of pyridine rings is 1. The molecule has 1 aromatic carbocycles. The second-order valence-corrected chi connectivity index (χ2v) is 6.28. The van der Waals surface area contributed by atoms with E-state index in [1.165, 1.54) is 0 Å². The first-order valence-electron chi connectivity index (χ1n) is 6.70. The summed E-state index contributed by atoms with van der Waals surface area (Å²) in [5.41, 5.74) is 3.79. The third-order valence-corrected chi connectivity index (χ3v) is 4.14. The number of nitrogens with one attached hydrogen (secondary N) is 2. The Kier molecular flexibility index (Phi) is 3.28. The number of anilines is 1. The molecule has 7 heteroatoms. The van der Waals surface area contributed by atoms with E-state index in [0.717, 1.165) is 32.8 Å². The second-order valence-electron chi connectivity index (χ2n) is 4.93. The highest BCUT2D eigenvalue weighted by Gasteiger charge is 2.06. The predicted molar refractivity (Wildman–Crippen MR) is 91.3 cm³/mol. The zero-order valence-electron chi connectivity index (χ0n) is 11.3. The molecule has 0 radical (unpaired) electrons. The number of aromatic nitrogens is 4. The monoisotopic (exact) mass is 375 g/mol. The molecular weight excluding hydrogens is 366 g/mol. The maximum atomic E-state index is 6.04. The molecule has 22 heavy (non-hydrogen) atoms. The lowest BCUT2D eigenvalue weighted by Gasteiger charge is -2.03. The fraction of sp³-hybridized carbons (Fsp3) is 0.0667. The molecule has 0 bridgehead atoms. The first kappa shape index (κ1) is 13.6. The highest BCUT2D eigenvalue weighted by Crippen LogP contribution is 2.20. The minimum atomic E-state index is 0.600. The van der Waals surface area contributed by atoms with Gasteiger partial charge in [0.05, 0.1) is 34.5 Å². The zero-order chi connectivity index (χ0) is 15.1. The molecule has 0 aliphatic heterocycles. The number of hydrogen-bond acceptors (Lipinski definition) is 3. The first-order valence-corrected chi connectivity index (χ1v) is 7.87. The van der Waals surface area contributed by atoms with Gasteiger partial charge in [0.1, 0.15) is 5.65 Å². The van der Waals surface area contributed by atoms with E-state index < -0.39 is 0 Å². The number of nitrogens with zero attached hydrogens (tertiary/aromatic N) is 3. The lowest BCUT2D eigenvalue weighted by atomic mass is 10.3. The number of benzene rings is 1. The number of aromatic amines is 1. The average molecular weight is 377 g/mol. The number of fused-ring (bicyclic) bond motifs is 2. The number of hydrogen-bond donors (Lipinski definition) is 2. The van der Waals surface area contributed by atoms with Crippen molar-refractivity contribution in [1.82, 2.24) is 19.4 Å². The van der Waals surface area contributed by atoms with Gasteiger partial charge in [-0.05, 0) is 30.3 Å². The Labute approximate surface area is 139 Å². The van der Waals surface area contributed by atoms with E-state index >= 15 is 0 Å². The van der Waals surface area contributed by atoms with Crippen LogP contribution in [0, 0.1) is 0 Å². The van der Waals surface area contributed by atoms with Gasteiger partial charge in [0, 0.05) is 10.7 Å². The fourth-order valence-electron chi connectivity index (χ4n) is 2.38. The highest BCUT2D eigenvalue weighted by molar-refractivity contribution is 9.10. The van der Waals surface area contributed by atoms with Crippen molar-refractivity contribution in [2.75, 3.05) is 5.32 Å². The predicted octanol–water partition coefficient (Wildman–Crippen LogP) is 4.24. The summed E-state index contributed by atoms with van der Waals surface area (Å²) in [6, 6.07) is 9.67. The van der Waals surface area contributed by atoms with Gasteiger partial charge in [0.25, 0.3) is 0 Å². The van der Waals surface area contributed by atoms with Gasteiger partial charge in [0.2, 0.25) is 5.95 Å². The summed E-state index contributed by atoms with van der Waals surface area (Å²) in [5, 5.41) is 3.96. The van der Waals surface area contributed by atoms with Crippen molar-refractivity contribution in [1.29, 1.82) is 0 Å². The first-order chi connectivity index (χ1) is 10.7. The Morgan fingerprint density at radius 1 is 1.27 bits per heavy atom. The summed E-state index contributed by atoms with van der Waals surface area (Å²) in [5.74, 6) is 0.727. The smallest absolute Gasteiger partial charge is 0.201 e. The van der Waals surface area contributed by atoms with Gasteiger partial charge in [0.15, 0.2) is 0 Å². The highest BCUT2D eigenvalue weighted by atomic mass is 79.9. The molecule has 0 saturated heterocycles. The van der Waals surface area contributed by atoms with E-state index in [0.29, 0.717) is 11.6 Å². The number of imidazole rings is 2. The maximum Gasteiger partial charge on any atom is 0.201 e. The fourth-order valence-corrected chi connectivity index (χ4v) is 2.90. The largest absolute Gasteiger partial charge is 0.350 e.